The second-order valence-electron chi connectivity index (χ2n) is 17.1. The van der Waals surface area contributed by atoms with Crippen LogP contribution in [-0.4, -0.2) is 57.5 Å². The van der Waals surface area contributed by atoms with E-state index < -0.39 is 17.8 Å². The minimum absolute atomic E-state index is 0.0136. The highest BCUT2D eigenvalue weighted by Crippen LogP contribution is 3.01. The van der Waals surface area contributed by atoms with Crippen LogP contribution in [0.3, 0.4) is 0 Å². The Bertz CT molecular complexity index is 1020. The number of aliphatic hydroxyl groups is 3. The van der Waals surface area contributed by atoms with Gasteiger partial charge in [-0.15, -0.1) is 0 Å². The minimum atomic E-state index is -0.731. The molecular weight excluding hydrogens is 476 g/mol. The molecule has 5 heteroatoms. The number of ether oxygens (including phenoxy) is 2. The molecule has 0 aromatic carbocycles. The van der Waals surface area contributed by atoms with Crippen LogP contribution in [0.25, 0.3) is 0 Å². The Morgan fingerprint density at radius 1 is 0.947 bits per heavy atom. The van der Waals surface area contributed by atoms with Gasteiger partial charge in [-0.3, -0.25) is 0 Å². The van der Waals surface area contributed by atoms with Crippen LogP contribution in [0.1, 0.15) is 113 Å². The molecule has 1 heterocycles. The Balaban J connectivity index is 1.22. The summed E-state index contributed by atoms with van der Waals surface area (Å²) < 4.78 is 13.0. The van der Waals surface area contributed by atoms with Crippen molar-refractivity contribution in [2.24, 2.45) is 50.2 Å². The summed E-state index contributed by atoms with van der Waals surface area (Å²) in [5, 5.41) is 34.8. The van der Waals surface area contributed by atoms with Crippen LogP contribution in [0.15, 0.2) is 0 Å². The van der Waals surface area contributed by atoms with E-state index >= 15 is 0 Å². The van der Waals surface area contributed by atoms with E-state index in [0.29, 0.717) is 28.6 Å². The van der Waals surface area contributed by atoms with Crippen LogP contribution in [-0.2, 0) is 9.47 Å². The van der Waals surface area contributed by atoms with Gasteiger partial charge in [0.15, 0.2) is 0 Å². The highest BCUT2D eigenvalue weighted by molar-refractivity contribution is 5.45. The maximum Gasteiger partial charge on any atom is 0.109 e. The highest BCUT2D eigenvalue weighted by Gasteiger charge is 2.97. The number of aliphatic hydroxyl groups excluding tert-OH is 3. The average Bonchev–Trinajstić information content (AvgIpc) is 3.69. The van der Waals surface area contributed by atoms with Gasteiger partial charge in [0.25, 0.3) is 0 Å². The maximum absolute atomic E-state index is 12.4. The lowest BCUT2D eigenvalue weighted by molar-refractivity contribution is -0.218. The van der Waals surface area contributed by atoms with E-state index in [0.717, 1.165) is 19.3 Å². The van der Waals surface area contributed by atoms with Crippen molar-refractivity contribution in [2.45, 2.75) is 155 Å². The molecule has 38 heavy (non-hydrogen) atoms. The van der Waals surface area contributed by atoms with Gasteiger partial charge in [-0.2, -0.15) is 0 Å². The Labute approximate surface area is 230 Å². The average molecular weight is 531 g/mol. The van der Waals surface area contributed by atoms with Gasteiger partial charge in [0.2, 0.25) is 0 Å². The molecule has 0 bridgehead atoms. The molecule has 6 aliphatic carbocycles. The predicted octanol–water partition coefficient (Wildman–Crippen LogP) is 5.48. The summed E-state index contributed by atoms with van der Waals surface area (Å²) in [6.45, 7) is 17.5. The minimum Gasteiger partial charge on any atom is -0.393 e. The molecule has 13 atom stereocenters. The molecule has 5 nitrogen and oxygen atoms in total. The van der Waals surface area contributed by atoms with E-state index in [1.54, 1.807) is 0 Å². The third-order valence-electron chi connectivity index (χ3n) is 15.0. The number of rotatable bonds is 4. The summed E-state index contributed by atoms with van der Waals surface area (Å²) in [4.78, 5) is 0. The number of hydrogen-bond donors (Lipinski definition) is 3. The first-order valence-corrected chi connectivity index (χ1v) is 15.9. The van der Waals surface area contributed by atoms with Gasteiger partial charge in [-0.25, -0.2) is 0 Å². The van der Waals surface area contributed by atoms with E-state index in [1.807, 2.05) is 27.7 Å². The van der Waals surface area contributed by atoms with Crippen molar-refractivity contribution in [3.63, 3.8) is 0 Å². The largest absolute Gasteiger partial charge is 0.393 e. The fraction of sp³-hybridized carbons (Fsp3) is 1.00. The first kappa shape index (κ1) is 26.7. The topological polar surface area (TPSA) is 79.2 Å². The van der Waals surface area contributed by atoms with Gasteiger partial charge in [0, 0.05) is 5.41 Å². The zero-order chi connectivity index (χ0) is 27.5. The van der Waals surface area contributed by atoms with Crippen molar-refractivity contribution in [1.29, 1.82) is 0 Å². The summed E-state index contributed by atoms with van der Waals surface area (Å²) in [5.41, 5.74) is 0.267. The molecule has 6 saturated carbocycles. The maximum atomic E-state index is 12.4. The lowest BCUT2D eigenvalue weighted by Crippen LogP contribution is -2.55. The molecule has 0 aromatic heterocycles. The first-order chi connectivity index (χ1) is 17.6. The quantitative estimate of drug-likeness (QED) is 0.449. The van der Waals surface area contributed by atoms with Crippen LogP contribution >= 0.6 is 0 Å². The van der Waals surface area contributed by atoms with Crippen LogP contribution < -0.4 is 0 Å². The fourth-order valence-electron chi connectivity index (χ4n) is 13.7. The molecule has 1 saturated heterocycles. The molecule has 0 aromatic rings. The van der Waals surface area contributed by atoms with Crippen LogP contribution in [0, 0.1) is 50.2 Å². The number of fused-ring (bicyclic) bond motifs is 2. The van der Waals surface area contributed by atoms with Crippen molar-refractivity contribution in [1.82, 2.24) is 0 Å². The van der Waals surface area contributed by atoms with Gasteiger partial charge in [0.1, 0.15) is 6.10 Å². The lowest BCUT2D eigenvalue weighted by Gasteiger charge is -2.59. The Kier molecular flexibility index (Phi) is 5.20. The van der Waals surface area contributed by atoms with Crippen molar-refractivity contribution in [3.8, 4) is 0 Å². The molecule has 1 aliphatic heterocycles. The molecular formula is C33H54O5. The normalized spacial score (nSPS) is 58.6. The second kappa shape index (κ2) is 7.41. The molecule has 4 spiro atoms. The first-order valence-electron chi connectivity index (χ1n) is 15.9. The Hall–Kier alpha value is -0.200. The molecule has 7 fully saturated rings. The van der Waals surface area contributed by atoms with Crippen molar-refractivity contribution < 1.29 is 24.8 Å². The smallest absolute Gasteiger partial charge is 0.109 e. The standard InChI is InChI=1S/C33H54O5/c1-18(2)38-28(6,7)25(35)20-15-19(3)23-24(37-20)26(36)33-17-32(33)12-9-21-27(4,5)22(34)10-11-30(21)16-31(30,32)14-13-29(23,33)8/h18-26,34-36H,9-17H2,1-8H3. The van der Waals surface area contributed by atoms with Gasteiger partial charge in [-0.1, -0.05) is 27.7 Å². The van der Waals surface area contributed by atoms with Crippen molar-refractivity contribution in [3.05, 3.63) is 0 Å². The van der Waals surface area contributed by atoms with Gasteiger partial charge in [-0.05, 0) is 130 Å². The molecule has 216 valence electrons. The molecule has 0 radical (unpaired) electrons. The van der Waals surface area contributed by atoms with E-state index in [9.17, 15) is 15.3 Å². The van der Waals surface area contributed by atoms with Crippen molar-refractivity contribution >= 4 is 0 Å². The van der Waals surface area contributed by atoms with E-state index in [4.69, 9.17) is 9.47 Å². The SMILES string of the molecule is CC(C)OC(C)(C)C(O)C1CC(C)C2C(O1)C(O)C13CC14CCC1C(C)(C)C(O)CCC15CC54CCC23C. The summed E-state index contributed by atoms with van der Waals surface area (Å²) in [7, 11) is 0. The van der Waals surface area contributed by atoms with Gasteiger partial charge >= 0.3 is 0 Å². The molecule has 7 rings (SSSR count). The van der Waals surface area contributed by atoms with E-state index in [2.05, 4.69) is 27.7 Å². The third kappa shape index (κ3) is 2.65. The fourth-order valence-corrected chi connectivity index (χ4v) is 13.7. The van der Waals surface area contributed by atoms with Crippen molar-refractivity contribution in [2.75, 3.05) is 0 Å². The van der Waals surface area contributed by atoms with Crippen LogP contribution in [0.4, 0.5) is 0 Å². The Morgan fingerprint density at radius 3 is 2.34 bits per heavy atom. The molecule has 13 unspecified atom stereocenters. The summed E-state index contributed by atoms with van der Waals surface area (Å²) in [5.74, 6) is 1.33. The molecule has 7 aliphatic rings. The summed E-state index contributed by atoms with van der Waals surface area (Å²) in [6, 6.07) is 0. The summed E-state index contributed by atoms with van der Waals surface area (Å²) in [6.07, 6.45) is 8.42. The van der Waals surface area contributed by atoms with Crippen LogP contribution in [0.2, 0.25) is 0 Å². The lowest BCUT2D eigenvalue weighted by atomic mass is 9.45. The van der Waals surface area contributed by atoms with E-state index in [1.165, 1.54) is 38.5 Å². The highest BCUT2D eigenvalue weighted by atomic mass is 16.5. The third-order valence-corrected chi connectivity index (χ3v) is 15.0. The summed E-state index contributed by atoms with van der Waals surface area (Å²) >= 11 is 0. The Morgan fingerprint density at radius 2 is 1.66 bits per heavy atom. The zero-order valence-corrected chi connectivity index (χ0v) is 25.2. The van der Waals surface area contributed by atoms with E-state index in [-0.39, 0.29) is 46.1 Å². The van der Waals surface area contributed by atoms with Crippen LogP contribution in [0.5, 0.6) is 0 Å². The molecule has 0 amide bonds. The predicted molar refractivity (Wildman–Crippen MR) is 146 cm³/mol. The molecule has 3 N–H and O–H groups in total. The van der Waals surface area contributed by atoms with Gasteiger partial charge in [0.05, 0.1) is 36.1 Å². The second-order valence-corrected chi connectivity index (χ2v) is 17.1. The van der Waals surface area contributed by atoms with Gasteiger partial charge < -0.3 is 24.8 Å². The monoisotopic (exact) mass is 530 g/mol. The zero-order valence-electron chi connectivity index (χ0n) is 25.2. The number of hydrogen-bond acceptors (Lipinski definition) is 5.